The van der Waals surface area contributed by atoms with Crippen LogP contribution in [0.3, 0.4) is 0 Å². The quantitative estimate of drug-likeness (QED) is 0.765. The summed E-state index contributed by atoms with van der Waals surface area (Å²) in [6, 6.07) is 3.95. The fourth-order valence-electron chi connectivity index (χ4n) is 1.27. The molecule has 86 valence electrons. The van der Waals surface area contributed by atoms with E-state index in [1.807, 2.05) is 0 Å². The van der Waals surface area contributed by atoms with Gasteiger partial charge in [-0.15, -0.1) is 0 Å². The van der Waals surface area contributed by atoms with E-state index in [-0.39, 0.29) is 22.9 Å². The molecule has 0 aliphatic carbocycles. The topological polar surface area (TPSA) is 53.0 Å². The van der Waals surface area contributed by atoms with Crippen LogP contribution in [-0.4, -0.2) is 11.6 Å². The number of amides is 1. The van der Waals surface area contributed by atoms with Crippen molar-refractivity contribution in [2.45, 2.75) is 20.3 Å². The van der Waals surface area contributed by atoms with E-state index < -0.39 is 6.43 Å². The molecule has 2 N–H and O–H groups in total. The van der Waals surface area contributed by atoms with Crippen molar-refractivity contribution in [1.29, 1.82) is 5.41 Å². The molecule has 0 fully saturated rings. The van der Waals surface area contributed by atoms with Crippen molar-refractivity contribution >= 4 is 17.3 Å². The summed E-state index contributed by atoms with van der Waals surface area (Å²) in [5.41, 5.74) is 0.635. The molecule has 0 atom stereocenters. The first-order chi connectivity index (χ1) is 7.40. The van der Waals surface area contributed by atoms with E-state index >= 15 is 0 Å². The van der Waals surface area contributed by atoms with Crippen LogP contribution >= 0.6 is 0 Å². The maximum Gasteiger partial charge on any atom is 0.263 e. The minimum atomic E-state index is -2.62. The highest BCUT2D eigenvalue weighted by atomic mass is 19.3. The number of anilines is 1. The highest BCUT2D eigenvalue weighted by Crippen LogP contribution is 2.24. The van der Waals surface area contributed by atoms with E-state index in [0.717, 1.165) is 0 Å². The van der Waals surface area contributed by atoms with Gasteiger partial charge < -0.3 is 10.7 Å². The second kappa shape index (κ2) is 4.83. The molecule has 0 unspecified atom stereocenters. The summed E-state index contributed by atoms with van der Waals surface area (Å²) in [5.74, 6) is -0.333. The molecule has 0 aromatic heterocycles. The minimum absolute atomic E-state index is 0.175. The molecule has 0 aliphatic heterocycles. The van der Waals surface area contributed by atoms with Gasteiger partial charge in [0.1, 0.15) is 0 Å². The molecule has 1 amide bonds. The van der Waals surface area contributed by atoms with E-state index in [0.29, 0.717) is 5.56 Å². The monoisotopic (exact) mass is 226 g/mol. The average molecular weight is 226 g/mol. The van der Waals surface area contributed by atoms with E-state index in [2.05, 4.69) is 5.32 Å². The number of halogens is 2. The van der Waals surface area contributed by atoms with Crippen LogP contribution in [0.2, 0.25) is 0 Å². The number of rotatable bonds is 3. The molecule has 1 aromatic rings. The van der Waals surface area contributed by atoms with Gasteiger partial charge >= 0.3 is 0 Å². The highest BCUT2D eigenvalue weighted by molar-refractivity contribution is 5.98. The van der Waals surface area contributed by atoms with E-state index in [9.17, 15) is 13.6 Å². The lowest BCUT2D eigenvalue weighted by molar-refractivity contribution is -0.114. The van der Waals surface area contributed by atoms with Crippen molar-refractivity contribution in [2.75, 3.05) is 5.32 Å². The molecule has 5 heteroatoms. The summed E-state index contributed by atoms with van der Waals surface area (Å²) in [6.07, 6.45) is -2.62. The summed E-state index contributed by atoms with van der Waals surface area (Å²) in [7, 11) is 0. The number of nitrogens with one attached hydrogen (secondary N) is 2. The van der Waals surface area contributed by atoms with Crippen LogP contribution in [0.5, 0.6) is 0 Å². The number of hydrogen-bond acceptors (Lipinski definition) is 2. The second-order valence-electron chi connectivity index (χ2n) is 3.45. The lowest BCUT2D eigenvalue weighted by Crippen LogP contribution is -2.07. The molecule has 0 aliphatic rings. The average Bonchev–Trinajstić information content (AvgIpc) is 2.15. The van der Waals surface area contributed by atoms with Gasteiger partial charge in [0, 0.05) is 23.9 Å². The lowest BCUT2D eigenvalue weighted by Gasteiger charge is -2.08. The molecule has 1 rings (SSSR count). The van der Waals surface area contributed by atoms with Crippen molar-refractivity contribution < 1.29 is 13.6 Å². The lowest BCUT2D eigenvalue weighted by atomic mass is 10.1. The molecule has 0 spiro atoms. The Balaban J connectivity index is 3.18. The highest BCUT2D eigenvalue weighted by Gasteiger charge is 2.11. The van der Waals surface area contributed by atoms with Crippen molar-refractivity contribution in [1.82, 2.24) is 0 Å². The van der Waals surface area contributed by atoms with Gasteiger partial charge in [0.2, 0.25) is 5.91 Å². The van der Waals surface area contributed by atoms with Gasteiger partial charge in [-0.1, -0.05) is 0 Å². The Kier molecular flexibility index (Phi) is 3.71. The largest absolute Gasteiger partial charge is 0.326 e. The Morgan fingerprint density at radius 2 is 1.94 bits per heavy atom. The first kappa shape index (κ1) is 12.3. The summed E-state index contributed by atoms with van der Waals surface area (Å²) in [6.45, 7) is 2.80. The number of hydrogen-bond donors (Lipinski definition) is 2. The SMILES string of the molecule is CC(=N)c1cc(NC(C)=O)cc(C(F)F)c1. The maximum absolute atomic E-state index is 12.5. The fraction of sp³-hybridized carbons (Fsp3) is 0.273. The first-order valence-corrected chi connectivity index (χ1v) is 4.66. The van der Waals surface area contributed by atoms with Gasteiger partial charge in [-0.3, -0.25) is 4.79 Å². The smallest absolute Gasteiger partial charge is 0.263 e. The van der Waals surface area contributed by atoms with Crippen LogP contribution in [0, 0.1) is 5.41 Å². The first-order valence-electron chi connectivity index (χ1n) is 4.66. The molecule has 1 aromatic carbocycles. The Labute approximate surface area is 92.0 Å². The number of alkyl halides is 2. The van der Waals surface area contributed by atoms with Crippen molar-refractivity contribution in [3.05, 3.63) is 29.3 Å². The van der Waals surface area contributed by atoms with Crippen LogP contribution in [0.25, 0.3) is 0 Å². The summed E-state index contributed by atoms with van der Waals surface area (Å²) >= 11 is 0. The van der Waals surface area contributed by atoms with E-state index in [4.69, 9.17) is 5.41 Å². The third-order valence-corrected chi connectivity index (χ3v) is 1.96. The van der Waals surface area contributed by atoms with Crippen LogP contribution < -0.4 is 5.32 Å². The van der Waals surface area contributed by atoms with Gasteiger partial charge in [0.25, 0.3) is 6.43 Å². The molecular weight excluding hydrogens is 214 g/mol. The van der Waals surface area contributed by atoms with Crippen LogP contribution in [0.4, 0.5) is 14.5 Å². The van der Waals surface area contributed by atoms with Crippen LogP contribution in [0.1, 0.15) is 31.4 Å². The molecule has 0 radical (unpaired) electrons. The van der Waals surface area contributed by atoms with Crippen LogP contribution in [-0.2, 0) is 4.79 Å². The van der Waals surface area contributed by atoms with Gasteiger partial charge in [-0.05, 0) is 30.7 Å². The summed E-state index contributed by atoms with van der Waals surface area (Å²) in [4.78, 5) is 10.8. The third kappa shape index (κ3) is 3.12. The van der Waals surface area contributed by atoms with Crippen molar-refractivity contribution in [3.8, 4) is 0 Å². The predicted molar refractivity (Wildman–Crippen MR) is 58.2 cm³/mol. The molecular formula is C11H12F2N2O. The fourth-order valence-corrected chi connectivity index (χ4v) is 1.27. The zero-order valence-electron chi connectivity index (χ0n) is 8.97. The Bertz CT molecular complexity index is 430. The molecule has 0 heterocycles. The molecule has 0 saturated heterocycles. The summed E-state index contributed by atoms with van der Waals surface area (Å²) in [5, 5.41) is 9.82. The van der Waals surface area contributed by atoms with Crippen LogP contribution in [0.15, 0.2) is 18.2 Å². The Morgan fingerprint density at radius 1 is 1.31 bits per heavy atom. The standard InChI is InChI=1S/C11H12F2N2O/c1-6(14)8-3-9(11(12)13)5-10(4-8)15-7(2)16/h3-5,11,14H,1-2H3,(H,15,16). The van der Waals surface area contributed by atoms with E-state index in [1.54, 1.807) is 0 Å². The normalized spacial score (nSPS) is 10.3. The second-order valence-corrected chi connectivity index (χ2v) is 3.45. The minimum Gasteiger partial charge on any atom is -0.326 e. The van der Waals surface area contributed by atoms with Crippen molar-refractivity contribution in [2.24, 2.45) is 0 Å². The molecule has 0 bridgehead atoms. The number of carbonyl (C=O) groups excluding carboxylic acids is 1. The van der Waals surface area contributed by atoms with E-state index in [1.165, 1.54) is 32.0 Å². The maximum atomic E-state index is 12.5. The zero-order chi connectivity index (χ0) is 12.3. The zero-order valence-corrected chi connectivity index (χ0v) is 8.97. The Morgan fingerprint density at radius 3 is 2.38 bits per heavy atom. The number of carbonyl (C=O) groups is 1. The summed E-state index contributed by atoms with van der Waals surface area (Å²) < 4.78 is 25.1. The third-order valence-electron chi connectivity index (χ3n) is 1.96. The molecule has 16 heavy (non-hydrogen) atoms. The van der Waals surface area contributed by atoms with Gasteiger partial charge in [0.05, 0.1) is 0 Å². The molecule has 0 saturated carbocycles. The van der Waals surface area contributed by atoms with Gasteiger partial charge in [-0.25, -0.2) is 8.78 Å². The Hall–Kier alpha value is -1.78. The van der Waals surface area contributed by atoms with Gasteiger partial charge in [-0.2, -0.15) is 0 Å². The van der Waals surface area contributed by atoms with Gasteiger partial charge in [0.15, 0.2) is 0 Å². The van der Waals surface area contributed by atoms with Crippen molar-refractivity contribution in [3.63, 3.8) is 0 Å². The molecule has 3 nitrogen and oxygen atoms in total. The predicted octanol–water partition coefficient (Wildman–Crippen LogP) is 2.97. The number of benzene rings is 1.